The van der Waals surface area contributed by atoms with Crippen molar-refractivity contribution in [2.24, 2.45) is 0 Å². The smallest absolute Gasteiger partial charge is 0.293 e. The zero-order chi connectivity index (χ0) is 20.1. The topological polar surface area (TPSA) is 86.8 Å². The van der Waals surface area contributed by atoms with Crippen LogP contribution in [0.3, 0.4) is 0 Å². The van der Waals surface area contributed by atoms with Gasteiger partial charge in [0.15, 0.2) is 0 Å². The van der Waals surface area contributed by atoms with Crippen molar-refractivity contribution in [1.82, 2.24) is 15.1 Å². The first-order chi connectivity index (χ1) is 13.4. The van der Waals surface area contributed by atoms with Crippen LogP contribution in [0, 0.1) is 6.92 Å². The van der Waals surface area contributed by atoms with Gasteiger partial charge < -0.3 is 10.2 Å². The van der Waals surface area contributed by atoms with E-state index in [1.807, 2.05) is 31.2 Å². The van der Waals surface area contributed by atoms with E-state index in [9.17, 15) is 19.2 Å². The lowest BCUT2D eigenvalue weighted by molar-refractivity contribution is -0.129. The van der Waals surface area contributed by atoms with Gasteiger partial charge in [-0.2, -0.15) is 0 Å². The first-order valence-corrected chi connectivity index (χ1v) is 10.1. The molecule has 4 amide bonds. The maximum absolute atomic E-state index is 12.5. The van der Waals surface area contributed by atoms with E-state index in [4.69, 9.17) is 0 Å². The molecule has 0 radical (unpaired) electrons. The Morgan fingerprint density at radius 2 is 1.93 bits per heavy atom. The predicted octanol–water partition coefficient (Wildman–Crippen LogP) is 2.16. The van der Waals surface area contributed by atoms with Crippen LogP contribution < -0.4 is 5.32 Å². The van der Waals surface area contributed by atoms with Gasteiger partial charge in [0.05, 0.1) is 4.91 Å². The summed E-state index contributed by atoms with van der Waals surface area (Å²) in [6.45, 7) is 3.42. The van der Waals surface area contributed by atoms with Gasteiger partial charge in [-0.05, 0) is 36.7 Å². The SMILES string of the molecule is Cc1ccc(/C=C2\SC(=O)N(CCNC(=O)CCN3CCCC3=O)C2=O)cc1. The average Bonchev–Trinajstić information content (AvgIpc) is 3.19. The van der Waals surface area contributed by atoms with Gasteiger partial charge in [0.2, 0.25) is 11.8 Å². The Balaban J connectivity index is 1.46. The third kappa shape index (κ3) is 5.01. The van der Waals surface area contributed by atoms with E-state index in [1.54, 1.807) is 11.0 Å². The zero-order valence-electron chi connectivity index (χ0n) is 15.8. The molecule has 0 spiro atoms. The Morgan fingerprint density at radius 3 is 2.61 bits per heavy atom. The highest BCUT2D eigenvalue weighted by Gasteiger charge is 2.34. The fraction of sp³-hybridized carbons (Fsp3) is 0.400. The molecule has 0 unspecified atom stereocenters. The zero-order valence-corrected chi connectivity index (χ0v) is 16.6. The number of carbonyl (C=O) groups is 4. The number of amides is 4. The third-order valence-electron chi connectivity index (χ3n) is 4.69. The van der Waals surface area contributed by atoms with Crippen LogP contribution >= 0.6 is 11.8 Å². The van der Waals surface area contributed by atoms with Crippen LogP contribution in [0.15, 0.2) is 29.2 Å². The predicted molar refractivity (Wildman–Crippen MR) is 107 cm³/mol. The second kappa shape index (κ2) is 9.05. The average molecular weight is 401 g/mol. The van der Waals surface area contributed by atoms with Crippen LogP contribution in [0.5, 0.6) is 0 Å². The van der Waals surface area contributed by atoms with Gasteiger partial charge in [0.25, 0.3) is 11.1 Å². The Bertz CT molecular complexity index is 819. The summed E-state index contributed by atoms with van der Waals surface area (Å²) in [5.41, 5.74) is 1.98. The van der Waals surface area contributed by atoms with Gasteiger partial charge in [-0.25, -0.2) is 0 Å². The summed E-state index contributed by atoms with van der Waals surface area (Å²) >= 11 is 0.909. The van der Waals surface area contributed by atoms with Crippen molar-refractivity contribution in [3.63, 3.8) is 0 Å². The number of hydrogen-bond acceptors (Lipinski definition) is 5. The van der Waals surface area contributed by atoms with Crippen molar-refractivity contribution < 1.29 is 19.2 Å². The van der Waals surface area contributed by atoms with Crippen LogP contribution in [0.2, 0.25) is 0 Å². The highest BCUT2D eigenvalue weighted by atomic mass is 32.2. The molecule has 2 heterocycles. The second-order valence-corrected chi connectivity index (χ2v) is 7.82. The molecule has 2 aliphatic rings. The van der Waals surface area contributed by atoms with Gasteiger partial charge in [0, 0.05) is 39.0 Å². The molecule has 0 aliphatic carbocycles. The van der Waals surface area contributed by atoms with E-state index >= 15 is 0 Å². The Kier molecular flexibility index (Phi) is 6.51. The maximum atomic E-state index is 12.5. The van der Waals surface area contributed by atoms with Crippen LogP contribution in [0.1, 0.15) is 30.4 Å². The molecule has 0 atom stereocenters. The molecule has 2 fully saturated rings. The monoisotopic (exact) mass is 401 g/mol. The molecule has 0 bridgehead atoms. The van der Waals surface area contributed by atoms with Crippen molar-refractivity contribution in [2.75, 3.05) is 26.2 Å². The second-order valence-electron chi connectivity index (χ2n) is 6.83. The fourth-order valence-electron chi connectivity index (χ4n) is 3.08. The number of imide groups is 1. The van der Waals surface area contributed by atoms with E-state index in [-0.39, 0.29) is 42.5 Å². The van der Waals surface area contributed by atoms with Crippen LogP contribution in [-0.2, 0) is 14.4 Å². The summed E-state index contributed by atoms with van der Waals surface area (Å²) in [6.07, 6.45) is 3.32. The van der Waals surface area contributed by atoms with Gasteiger partial charge >= 0.3 is 0 Å². The van der Waals surface area contributed by atoms with Crippen molar-refractivity contribution in [3.8, 4) is 0 Å². The molecule has 1 N–H and O–H groups in total. The quantitative estimate of drug-likeness (QED) is 0.708. The van der Waals surface area contributed by atoms with Crippen molar-refractivity contribution in [3.05, 3.63) is 40.3 Å². The molecule has 1 aromatic rings. The fourth-order valence-corrected chi connectivity index (χ4v) is 3.94. The minimum Gasteiger partial charge on any atom is -0.354 e. The van der Waals surface area contributed by atoms with Crippen molar-refractivity contribution in [2.45, 2.75) is 26.2 Å². The van der Waals surface area contributed by atoms with E-state index < -0.39 is 0 Å². The van der Waals surface area contributed by atoms with Gasteiger partial charge in [-0.1, -0.05) is 29.8 Å². The molecule has 2 saturated heterocycles. The molecule has 3 rings (SSSR count). The lowest BCUT2D eigenvalue weighted by Crippen LogP contribution is -2.38. The van der Waals surface area contributed by atoms with Crippen LogP contribution in [-0.4, -0.2) is 58.9 Å². The summed E-state index contributed by atoms with van der Waals surface area (Å²) in [5, 5.41) is 2.38. The summed E-state index contributed by atoms with van der Waals surface area (Å²) in [6, 6.07) is 7.69. The summed E-state index contributed by atoms with van der Waals surface area (Å²) in [5.74, 6) is -0.444. The lowest BCUT2D eigenvalue weighted by Gasteiger charge is -2.16. The highest BCUT2D eigenvalue weighted by Crippen LogP contribution is 2.31. The number of benzene rings is 1. The van der Waals surface area contributed by atoms with E-state index in [0.29, 0.717) is 24.4 Å². The van der Waals surface area contributed by atoms with Crippen molar-refractivity contribution in [1.29, 1.82) is 0 Å². The van der Waals surface area contributed by atoms with E-state index in [1.165, 1.54) is 0 Å². The molecular formula is C20H23N3O4S. The van der Waals surface area contributed by atoms with Gasteiger partial charge in [-0.15, -0.1) is 0 Å². The molecule has 0 saturated carbocycles. The minimum atomic E-state index is -0.340. The summed E-state index contributed by atoms with van der Waals surface area (Å²) in [4.78, 5) is 51.2. The normalized spacial score (nSPS) is 18.5. The number of hydrogen-bond donors (Lipinski definition) is 1. The molecule has 28 heavy (non-hydrogen) atoms. The van der Waals surface area contributed by atoms with Crippen LogP contribution in [0.25, 0.3) is 6.08 Å². The molecule has 1 aromatic carbocycles. The molecule has 8 heteroatoms. The van der Waals surface area contributed by atoms with Crippen molar-refractivity contribution >= 4 is 40.8 Å². The first-order valence-electron chi connectivity index (χ1n) is 9.30. The van der Waals surface area contributed by atoms with E-state index in [2.05, 4.69) is 5.32 Å². The summed E-state index contributed by atoms with van der Waals surface area (Å²) in [7, 11) is 0. The standard InChI is InChI=1S/C20H23N3O4S/c1-14-4-6-15(7-5-14)13-16-19(26)23(20(27)28-16)12-9-21-17(24)8-11-22-10-2-3-18(22)25/h4-7,13H,2-3,8-12H2,1H3,(H,21,24)/b16-13-. The Labute approximate surface area is 168 Å². The van der Waals surface area contributed by atoms with Crippen LogP contribution in [0.4, 0.5) is 4.79 Å². The Morgan fingerprint density at radius 1 is 1.18 bits per heavy atom. The third-order valence-corrected chi connectivity index (χ3v) is 5.59. The number of likely N-dealkylation sites (tertiary alicyclic amines) is 1. The Hall–Kier alpha value is -2.61. The summed E-state index contributed by atoms with van der Waals surface area (Å²) < 4.78 is 0. The highest BCUT2D eigenvalue weighted by molar-refractivity contribution is 8.18. The number of rotatable bonds is 7. The lowest BCUT2D eigenvalue weighted by atomic mass is 10.1. The number of carbonyl (C=O) groups excluding carboxylic acids is 4. The van der Waals surface area contributed by atoms with E-state index in [0.717, 1.165) is 34.2 Å². The first kappa shape index (κ1) is 20.1. The number of thioether (sulfide) groups is 1. The van der Waals surface area contributed by atoms with Gasteiger partial charge in [-0.3, -0.25) is 24.1 Å². The largest absolute Gasteiger partial charge is 0.354 e. The van der Waals surface area contributed by atoms with Gasteiger partial charge in [0.1, 0.15) is 0 Å². The minimum absolute atomic E-state index is 0.0889. The molecule has 2 aliphatic heterocycles. The number of aryl methyl sites for hydroxylation is 1. The molecular weight excluding hydrogens is 378 g/mol. The maximum Gasteiger partial charge on any atom is 0.293 e. The molecule has 0 aromatic heterocycles. The molecule has 7 nitrogen and oxygen atoms in total. The number of nitrogens with one attached hydrogen (secondary N) is 1. The number of nitrogens with zero attached hydrogens (tertiary/aromatic N) is 2. The molecule has 148 valence electrons.